The molecule has 4 nitrogen and oxygen atoms in total. The third-order valence-corrected chi connectivity index (χ3v) is 1.82. The fourth-order valence-electron chi connectivity index (χ4n) is 0.798. The second-order valence-electron chi connectivity index (χ2n) is 2.53. The molecule has 1 rings (SSSR count). The Morgan fingerprint density at radius 1 is 1.33 bits per heavy atom. The molecule has 0 saturated heterocycles. The second-order valence-corrected chi connectivity index (χ2v) is 2.91. The molecule has 0 heterocycles. The molecule has 0 radical (unpaired) electrons. The van der Waals surface area contributed by atoms with E-state index in [1.165, 1.54) is 6.07 Å². The summed E-state index contributed by atoms with van der Waals surface area (Å²) >= 11 is 5.50. The minimum Gasteiger partial charge on any atom is -0.369 e. The van der Waals surface area contributed by atoms with E-state index in [0.717, 1.165) is 12.3 Å². The molecule has 7 heteroatoms. The number of benzene rings is 1. The van der Waals surface area contributed by atoms with Crippen LogP contribution in [0.5, 0.6) is 0 Å². The Morgan fingerprint density at radius 3 is 2.60 bits per heavy atom. The van der Waals surface area contributed by atoms with Crippen LogP contribution in [0.2, 0.25) is 5.02 Å². The zero-order chi connectivity index (χ0) is 11.4. The van der Waals surface area contributed by atoms with Crippen molar-refractivity contribution in [3.05, 3.63) is 34.4 Å². The van der Waals surface area contributed by atoms with E-state index in [1.54, 1.807) is 0 Å². The Labute approximate surface area is 89.2 Å². The van der Waals surface area contributed by atoms with Crippen LogP contribution < -0.4 is 11.5 Å². The average molecular weight is 233 g/mol. The third kappa shape index (κ3) is 2.88. The Kier molecular flexibility index (Phi) is 3.56. The van der Waals surface area contributed by atoms with Gasteiger partial charge in [-0.2, -0.15) is 5.10 Å². The van der Waals surface area contributed by atoms with E-state index >= 15 is 0 Å². The molecule has 0 amide bonds. The molecule has 0 unspecified atom stereocenters. The second kappa shape index (κ2) is 4.70. The molecule has 1 aromatic rings. The first-order valence-electron chi connectivity index (χ1n) is 3.78. The van der Waals surface area contributed by atoms with Crippen LogP contribution in [0.15, 0.2) is 22.3 Å². The number of hydrogen-bond donors (Lipinski definition) is 2. The van der Waals surface area contributed by atoms with Crippen molar-refractivity contribution in [3.8, 4) is 0 Å². The number of rotatable bonds is 2. The van der Waals surface area contributed by atoms with Gasteiger partial charge < -0.3 is 11.5 Å². The molecule has 0 atom stereocenters. The first kappa shape index (κ1) is 11.4. The number of nitrogens with two attached hydrogens (primary N) is 2. The number of halogens is 3. The first-order chi connectivity index (χ1) is 7.02. The molecule has 1 aromatic carbocycles. The highest BCUT2D eigenvalue weighted by atomic mass is 35.5. The number of hydrogen-bond acceptors (Lipinski definition) is 2. The molecular formula is C8H7ClF2N4. The smallest absolute Gasteiger partial charge is 0.211 e. The van der Waals surface area contributed by atoms with Gasteiger partial charge in [0.05, 0.1) is 11.2 Å². The summed E-state index contributed by atoms with van der Waals surface area (Å²) < 4.78 is 25.6. The summed E-state index contributed by atoms with van der Waals surface area (Å²) in [5.74, 6) is -2.41. The van der Waals surface area contributed by atoms with Crippen molar-refractivity contribution in [2.24, 2.45) is 21.7 Å². The van der Waals surface area contributed by atoms with Gasteiger partial charge in [-0.3, -0.25) is 0 Å². The molecule has 0 bridgehead atoms. The molecule has 0 spiro atoms. The maximum Gasteiger partial charge on any atom is 0.211 e. The molecule has 0 aliphatic rings. The molecule has 15 heavy (non-hydrogen) atoms. The van der Waals surface area contributed by atoms with Gasteiger partial charge in [0.15, 0.2) is 11.6 Å². The van der Waals surface area contributed by atoms with Gasteiger partial charge in [0.25, 0.3) is 0 Å². The van der Waals surface area contributed by atoms with Crippen molar-refractivity contribution in [2.75, 3.05) is 0 Å². The van der Waals surface area contributed by atoms with Crippen molar-refractivity contribution < 1.29 is 8.78 Å². The summed E-state index contributed by atoms with van der Waals surface area (Å²) in [6, 6.07) is 2.19. The predicted molar refractivity (Wildman–Crippen MR) is 54.8 cm³/mol. The van der Waals surface area contributed by atoms with Gasteiger partial charge in [-0.05, 0) is 12.1 Å². The molecule has 0 aliphatic carbocycles. The van der Waals surface area contributed by atoms with E-state index < -0.39 is 11.6 Å². The minimum atomic E-state index is -1.13. The fraction of sp³-hybridized carbons (Fsp3) is 0. The molecule has 0 aromatic heterocycles. The van der Waals surface area contributed by atoms with Crippen LogP contribution in [-0.2, 0) is 0 Å². The van der Waals surface area contributed by atoms with Gasteiger partial charge >= 0.3 is 0 Å². The maximum atomic E-state index is 12.9. The van der Waals surface area contributed by atoms with Crippen LogP contribution >= 0.6 is 11.6 Å². The SMILES string of the molecule is NC(N)=NN=Cc1ccc(F)c(F)c1Cl. The topological polar surface area (TPSA) is 76.8 Å². The molecule has 80 valence electrons. The molecule has 0 saturated carbocycles. The van der Waals surface area contributed by atoms with Gasteiger partial charge in [-0.15, -0.1) is 5.10 Å². The van der Waals surface area contributed by atoms with Crippen LogP contribution in [0.25, 0.3) is 0 Å². The largest absolute Gasteiger partial charge is 0.369 e. The number of nitrogens with zero attached hydrogens (tertiary/aromatic N) is 2. The summed E-state index contributed by atoms with van der Waals surface area (Å²) in [5, 5.41) is 6.32. The van der Waals surface area contributed by atoms with E-state index in [-0.39, 0.29) is 16.5 Å². The minimum absolute atomic E-state index is 0.181. The van der Waals surface area contributed by atoms with Gasteiger partial charge in [0.2, 0.25) is 5.96 Å². The van der Waals surface area contributed by atoms with Crippen molar-refractivity contribution >= 4 is 23.8 Å². The lowest BCUT2D eigenvalue weighted by Gasteiger charge is -1.99. The van der Waals surface area contributed by atoms with Gasteiger partial charge in [0, 0.05) is 5.56 Å². The Balaban J connectivity index is 3.02. The highest BCUT2D eigenvalue weighted by molar-refractivity contribution is 6.33. The lowest BCUT2D eigenvalue weighted by atomic mass is 10.2. The van der Waals surface area contributed by atoms with Crippen molar-refractivity contribution in [2.45, 2.75) is 0 Å². The quantitative estimate of drug-likeness (QED) is 0.348. The van der Waals surface area contributed by atoms with Gasteiger partial charge in [0.1, 0.15) is 0 Å². The Bertz CT molecular complexity index is 427. The van der Waals surface area contributed by atoms with E-state index in [9.17, 15) is 8.78 Å². The lowest BCUT2D eigenvalue weighted by molar-refractivity contribution is 0.509. The summed E-state index contributed by atoms with van der Waals surface area (Å²) in [4.78, 5) is 0. The Morgan fingerprint density at radius 2 is 2.00 bits per heavy atom. The zero-order valence-electron chi connectivity index (χ0n) is 7.42. The first-order valence-corrected chi connectivity index (χ1v) is 4.15. The predicted octanol–water partition coefficient (Wildman–Crippen LogP) is 1.23. The Hall–Kier alpha value is -1.69. The van der Waals surface area contributed by atoms with E-state index in [2.05, 4.69) is 10.2 Å². The van der Waals surface area contributed by atoms with E-state index in [1.807, 2.05) is 0 Å². The van der Waals surface area contributed by atoms with Crippen molar-refractivity contribution in [3.63, 3.8) is 0 Å². The zero-order valence-corrected chi connectivity index (χ0v) is 8.17. The highest BCUT2D eigenvalue weighted by Crippen LogP contribution is 2.20. The van der Waals surface area contributed by atoms with Crippen LogP contribution in [0.4, 0.5) is 8.78 Å². The molecular weight excluding hydrogens is 226 g/mol. The molecule has 4 N–H and O–H groups in total. The standard InChI is InChI=1S/C8H7ClF2N4/c9-6-4(3-14-15-8(12)13)1-2-5(10)7(6)11/h1-3H,(H4,12,13,15). The monoisotopic (exact) mass is 232 g/mol. The summed E-state index contributed by atoms with van der Waals surface area (Å²) in [5.41, 5.74) is 10.2. The van der Waals surface area contributed by atoms with Crippen LogP contribution in [-0.4, -0.2) is 12.2 Å². The van der Waals surface area contributed by atoms with Crippen molar-refractivity contribution in [1.29, 1.82) is 0 Å². The third-order valence-electron chi connectivity index (χ3n) is 1.44. The van der Waals surface area contributed by atoms with E-state index in [0.29, 0.717) is 0 Å². The average Bonchev–Trinajstić information content (AvgIpc) is 2.18. The summed E-state index contributed by atoms with van der Waals surface area (Å²) in [6.07, 6.45) is 1.12. The molecule has 0 fully saturated rings. The summed E-state index contributed by atoms with van der Waals surface area (Å²) in [7, 11) is 0. The number of guanidine groups is 1. The van der Waals surface area contributed by atoms with Crippen LogP contribution in [0.1, 0.15) is 5.56 Å². The lowest BCUT2D eigenvalue weighted by Crippen LogP contribution is -2.21. The maximum absolute atomic E-state index is 12.9. The highest BCUT2D eigenvalue weighted by Gasteiger charge is 2.09. The normalized spacial score (nSPS) is 10.6. The van der Waals surface area contributed by atoms with Gasteiger partial charge in [-0.1, -0.05) is 11.6 Å². The van der Waals surface area contributed by atoms with Crippen LogP contribution in [0, 0.1) is 11.6 Å². The fourth-order valence-corrected chi connectivity index (χ4v) is 1.00. The summed E-state index contributed by atoms with van der Waals surface area (Å²) in [6.45, 7) is 0. The van der Waals surface area contributed by atoms with Crippen molar-refractivity contribution in [1.82, 2.24) is 0 Å². The molecule has 0 aliphatic heterocycles. The van der Waals surface area contributed by atoms with Gasteiger partial charge in [-0.25, -0.2) is 8.78 Å². The van der Waals surface area contributed by atoms with Crippen LogP contribution in [0.3, 0.4) is 0 Å². The van der Waals surface area contributed by atoms with E-state index in [4.69, 9.17) is 23.1 Å².